The third-order valence-electron chi connectivity index (χ3n) is 15.2. The summed E-state index contributed by atoms with van der Waals surface area (Å²) in [5.74, 6) is -9.86. The number of carboxylic acids is 1. The van der Waals surface area contributed by atoms with Gasteiger partial charge in [-0.1, -0.05) is 30.3 Å². The maximum atomic E-state index is 14.4. The zero-order valence-corrected chi connectivity index (χ0v) is 55.4. The van der Waals surface area contributed by atoms with Crippen LogP contribution in [0.1, 0.15) is 120 Å². The van der Waals surface area contributed by atoms with E-state index < -0.39 is 133 Å². The van der Waals surface area contributed by atoms with Gasteiger partial charge in [0.25, 0.3) is 0 Å². The molecule has 0 spiro atoms. The van der Waals surface area contributed by atoms with Crippen LogP contribution in [-0.4, -0.2) is 209 Å². The van der Waals surface area contributed by atoms with Crippen LogP contribution >= 0.6 is 0 Å². The van der Waals surface area contributed by atoms with Crippen LogP contribution in [0.5, 0.6) is 0 Å². The Bertz CT molecular complexity index is 2990. The van der Waals surface area contributed by atoms with E-state index in [-0.39, 0.29) is 115 Å². The van der Waals surface area contributed by atoms with Gasteiger partial charge in [0.1, 0.15) is 48.3 Å². The Morgan fingerprint density at radius 1 is 0.408 bits per heavy atom. The molecule has 0 saturated heterocycles. The molecule has 3 aromatic rings. The monoisotopic (exact) mass is 1380 g/mol. The molecule has 37 nitrogen and oxygen atoms in total. The molecule has 2 heterocycles. The van der Waals surface area contributed by atoms with Crippen LogP contribution < -0.4 is 105 Å². The lowest BCUT2D eigenvalue weighted by Gasteiger charge is -2.27. The smallest absolute Gasteiger partial charge is 0.326 e. The molecule has 37 heteroatoms. The number of imidazole rings is 2. The van der Waals surface area contributed by atoms with Crippen molar-refractivity contribution in [3.05, 3.63) is 72.3 Å². The van der Waals surface area contributed by atoms with Gasteiger partial charge in [-0.25, -0.2) is 14.8 Å². The van der Waals surface area contributed by atoms with Crippen LogP contribution in [0.15, 0.2) is 65.4 Å². The Labute approximate surface area is 568 Å². The first-order valence-electron chi connectivity index (χ1n) is 32.8. The Hall–Kier alpha value is -9.85. The number of aliphatic imine (C=N–C) groups is 2. The summed E-state index contributed by atoms with van der Waals surface area (Å²) in [5.41, 5.74) is 53.0. The van der Waals surface area contributed by atoms with Gasteiger partial charge in [0.15, 0.2) is 11.9 Å². The average molecular weight is 1380 g/mol. The second-order valence-corrected chi connectivity index (χ2v) is 23.3. The quantitative estimate of drug-likeness (QED) is 0.0142. The molecule has 1 aromatic carbocycles. The van der Waals surface area contributed by atoms with E-state index in [2.05, 4.69) is 83.1 Å². The van der Waals surface area contributed by atoms with Crippen molar-refractivity contribution in [2.24, 2.45) is 61.6 Å². The second kappa shape index (κ2) is 47.1. The predicted molar refractivity (Wildman–Crippen MR) is 363 cm³/mol. The number of unbranched alkanes of at least 4 members (excludes halogenated alkanes) is 4. The molecular formula is C61H103N25O12. The highest BCUT2D eigenvalue weighted by atomic mass is 16.4. The number of carbonyl (C=O) groups is 11. The molecule has 9 atom stereocenters. The first-order valence-corrected chi connectivity index (χ1v) is 32.8. The molecule has 0 aliphatic carbocycles. The Morgan fingerprint density at radius 3 is 1.10 bits per heavy atom. The van der Waals surface area contributed by atoms with E-state index in [1.165, 1.54) is 25.0 Å². The van der Waals surface area contributed by atoms with E-state index >= 15 is 0 Å². The number of hydrogen-bond donors (Lipinski definition) is 22. The summed E-state index contributed by atoms with van der Waals surface area (Å²) in [6, 6.07) is -2.59. The fourth-order valence-corrected chi connectivity index (χ4v) is 9.90. The van der Waals surface area contributed by atoms with Gasteiger partial charge < -0.3 is 120 Å². The lowest BCUT2D eigenvalue weighted by molar-refractivity contribution is -0.142. The van der Waals surface area contributed by atoms with Crippen molar-refractivity contribution in [3.63, 3.8) is 0 Å². The number of H-pyrrole nitrogens is 2. The summed E-state index contributed by atoms with van der Waals surface area (Å²) in [6.07, 6.45) is 9.04. The molecule has 2 aromatic heterocycles. The fraction of sp³-hybridized carbons (Fsp3) is 0.590. The number of benzene rings is 1. The normalized spacial score (nSPS) is 13.7. The van der Waals surface area contributed by atoms with Crippen molar-refractivity contribution in [1.82, 2.24) is 73.1 Å². The van der Waals surface area contributed by atoms with Gasteiger partial charge in [-0.05, 0) is 141 Å². The van der Waals surface area contributed by atoms with Crippen LogP contribution in [0.2, 0.25) is 0 Å². The molecule has 0 saturated carbocycles. The number of nitrogens with two attached hydrogens (primary N) is 9. The van der Waals surface area contributed by atoms with E-state index in [0.29, 0.717) is 69.3 Å². The number of aromatic amines is 2. The highest BCUT2D eigenvalue weighted by Crippen LogP contribution is 2.12. The number of nitrogens with one attached hydrogen (secondary N) is 12. The minimum Gasteiger partial charge on any atom is -0.480 e. The Balaban J connectivity index is 1.81. The lowest BCUT2D eigenvalue weighted by Crippen LogP contribution is -2.59. The number of amides is 10. The minimum absolute atomic E-state index is 0.0134. The molecule has 0 unspecified atom stereocenters. The number of hydrogen-bond acceptors (Lipinski definition) is 20. The highest BCUT2D eigenvalue weighted by molar-refractivity contribution is 5.98. The van der Waals surface area contributed by atoms with Crippen molar-refractivity contribution in [2.75, 3.05) is 52.4 Å². The zero-order chi connectivity index (χ0) is 72.2. The van der Waals surface area contributed by atoms with Crippen molar-refractivity contribution >= 4 is 77.0 Å². The number of nitrogens with zero attached hydrogens (tertiary/aromatic N) is 4. The van der Waals surface area contributed by atoms with Gasteiger partial charge in [0.2, 0.25) is 59.1 Å². The number of rotatable bonds is 51. The summed E-state index contributed by atoms with van der Waals surface area (Å²) in [4.78, 5) is 173. The lowest BCUT2D eigenvalue weighted by atomic mass is 10.0. The van der Waals surface area contributed by atoms with Gasteiger partial charge in [-0.3, -0.25) is 57.9 Å². The molecule has 98 heavy (non-hydrogen) atoms. The molecule has 10 amide bonds. The molecule has 0 aliphatic heterocycles. The van der Waals surface area contributed by atoms with E-state index in [0.717, 1.165) is 5.56 Å². The number of guanidine groups is 2. The Morgan fingerprint density at radius 2 is 0.735 bits per heavy atom. The average Bonchev–Trinajstić information content (AvgIpc) is 1.24. The van der Waals surface area contributed by atoms with E-state index in [1.807, 2.05) is 6.07 Å². The Kier molecular flexibility index (Phi) is 39.6. The molecule has 0 aliphatic rings. The van der Waals surface area contributed by atoms with E-state index in [9.17, 15) is 57.8 Å². The molecule has 31 N–H and O–H groups in total. The maximum Gasteiger partial charge on any atom is 0.326 e. The fourth-order valence-electron chi connectivity index (χ4n) is 9.90. The van der Waals surface area contributed by atoms with Crippen LogP contribution in [0, 0.1) is 0 Å². The molecule has 544 valence electrons. The van der Waals surface area contributed by atoms with E-state index in [4.69, 9.17) is 51.6 Å². The van der Waals surface area contributed by atoms with E-state index in [1.54, 1.807) is 24.3 Å². The number of aliphatic carboxylic acids is 1. The standard InChI is InChI=1S/C61H103N25O12/c62-22-8-4-16-42(81-55(93)44(18-6-10-24-64)82-56(94)45(21-13-27-74-61(69)70)83-57(95)47(29-38-31-71-35-77-38)85-51(89)40(66)28-37-14-2-1-3-15-37)53(91)76-33-49(87)79-41(20-12-26-73-60(67)68)52(90)75-34-50(88)80-43(17-5-9-23-63)54(92)86-48(30-39-32-72-36-78-39)58(96)84-46(59(97)98)19-7-11-25-65/h1-3,14-15,31-32,35-36,40-48H,4-13,16-30,33-34,62-66H2,(H,71,77)(H,72,78)(H,75,90)(H,76,91)(H,79,87)(H,80,88)(H,81,93)(H,82,94)(H,83,95)(H,84,96)(H,85,89)(H,86,92)(H,97,98)(H4,67,68,73)(H4,69,70,74)/t40-,41-,42-,43-,44-,45-,46-,47-,48-/m0/s1. The van der Waals surface area contributed by atoms with Gasteiger partial charge in [0, 0.05) is 49.7 Å². The summed E-state index contributed by atoms with van der Waals surface area (Å²) < 4.78 is 0. The largest absolute Gasteiger partial charge is 0.480 e. The number of carbonyl (C=O) groups excluding carboxylic acids is 10. The molecule has 0 bridgehead atoms. The van der Waals surface area contributed by atoms with Crippen molar-refractivity contribution in [2.45, 2.75) is 176 Å². The maximum absolute atomic E-state index is 14.4. The van der Waals surface area contributed by atoms with Gasteiger partial charge in [0.05, 0.1) is 31.8 Å². The third kappa shape index (κ3) is 33.7. The first-order chi connectivity index (χ1) is 47.0. The molecule has 3 rings (SSSR count). The zero-order valence-electron chi connectivity index (χ0n) is 55.4. The summed E-state index contributed by atoms with van der Waals surface area (Å²) in [7, 11) is 0. The summed E-state index contributed by atoms with van der Waals surface area (Å²) in [6.45, 7) is -0.355. The van der Waals surface area contributed by atoms with Crippen LogP contribution in [0.25, 0.3) is 0 Å². The topological polar surface area (TPSA) is 645 Å². The first kappa shape index (κ1) is 82.4. The van der Waals surface area contributed by atoms with Crippen molar-refractivity contribution in [3.8, 4) is 0 Å². The predicted octanol–water partition coefficient (Wildman–Crippen LogP) is -6.69. The van der Waals surface area contributed by atoms with Crippen LogP contribution in [0.3, 0.4) is 0 Å². The third-order valence-corrected chi connectivity index (χ3v) is 15.2. The van der Waals surface area contributed by atoms with Crippen molar-refractivity contribution < 1.29 is 57.8 Å². The minimum atomic E-state index is -1.36. The molecular weight excluding hydrogens is 1270 g/mol. The molecule has 0 radical (unpaired) electrons. The number of carboxylic acid groups (broad SMARTS) is 1. The van der Waals surface area contributed by atoms with Gasteiger partial charge >= 0.3 is 5.97 Å². The molecule has 0 fully saturated rings. The van der Waals surface area contributed by atoms with Crippen molar-refractivity contribution in [1.29, 1.82) is 0 Å². The van der Waals surface area contributed by atoms with Gasteiger partial charge in [-0.15, -0.1) is 0 Å². The SMILES string of the molecule is NCCCC[C@H](NC(=O)[C@H](Cc1cnc[nH]1)NC(=O)[C@H](CCCCN)NC(=O)CNC(=O)[C@H](CCCN=C(N)N)NC(=O)CNC(=O)[C@H](CCCCN)NC(=O)[C@H](CCCCN)NC(=O)[C@H](CCCN=C(N)N)NC(=O)[C@H](Cc1cnc[nH]1)NC(=O)[C@@H](N)Cc1ccccc1)C(=O)O. The van der Waals surface area contributed by atoms with Crippen LogP contribution in [0.4, 0.5) is 0 Å². The second-order valence-electron chi connectivity index (χ2n) is 23.3. The summed E-state index contributed by atoms with van der Waals surface area (Å²) >= 11 is 0. The summed E-state index contributed by atoms with van der Waals surface area (Å²) in [5, 5.41) is 35.8. The van der Waals surface area contributed by atoms with Gasteiger partial charge in [-0.2, -0.15) is 0 Å². The highest BCUT2D eigenvalue weighted by Gasteiger charge is 2.34. The number of aromatic nitrogens is 4. The van der Waals surface area contributed by atoms with Crippen LogP contribution in [-0.2, 0) is 72.0 Å².